The van der Waals surface area contributed by atoms with E-state index >= 15 is 0 Å². The van der Waals surface area contributed by atoms with Gasteiger partial charge in [0, 0.05) is 19.8 Å². The molecule has 37 heavy (non-hydrogen) atoms. The monoisotopic (exact) mass is 552 g/mol. The van der Waals surface area contributed by atoms with Gasteiger partial charge >= 0.3 is 0 Å². The maximum atomic E-state index is 6.15. The van der Waals surface area contributed by atoms with Gasteiger partial charge in [0.2, 0.25) is 5.13 Å². The second-order valence-electron chi connectivity index (χ2n) is 8.71. The zero-order valence-electron chi connectivity index (χ0n) is 21.8. The molecule has 0 saturated heterocycles. The Labute approximate surface area is 226 Å². The van der Waals surface area contributed by atoms with Gasteiger partial charge in [-0.15, -0.1) is 20.5 Å². The third-order valence-corrected chi connectivity index (χ3v) is 12.8. The molecule has 11 heteroatoms. The number of nitrogens with zero attached hydrogens (tertiary/aromatic N) is 6. The lowest BCUT2D eigenvalue weighted by atomic mass is 10.3. The Bertz CT molecular complexity index is 1310. The first-order chi connectivity index (χ1) is 17.9. The summed E-state index contributed by atoms with van der Waals surface area (Å²) in [5.74, 6) is 0.765. The average molecular weight is 553 g/mol. The molecule has 0 spiro atoms. The van der Waals surface area contributed by atoms with E-state index in [0.717, 1.165) is 55.5 Å². The van der Waals surface area contributed by atoms with Crippen molar-refractivity contribution in [1.29, 1.82) is 0 Å². The zero-order valence-corrected chi connectivity index (χ0v) is 24.5. The Balaban J connectivity index is 1.32. The molecule has 0 aliphatic rings. The Morgan fingerprint density at radius 2 is 1.43 bits per heavy atom. The van der Waals surface area contributed by atoms with Crippen molar-refractivity contribution < 1.29 is 9.16 Å². The van der Waals surface area contributed by atoms with Crippen LogP contribution in [-0.2, 0) is 4.43 Å². The van der Waals surface area contributed by atoms with Crippen LogP contribution in [-0.4, -0.2) is 34.2 Å². The molecule has 0 amide bonds. The van der Waals surface area contributed by atoms with Crippen LogP contribution in [0, 0.1) is 0 Å². The molecule has 0 atom stereocenters. The van der Waals surface area contributed by atoms with Gasteiger partial charge in [0.1, 0.15) is 15.6 Å². The quantitative estimate of drug-likeness (QED) is 0.0994. The Hall–Kier alpha value is -2.99. The Kier molecular flexibility index (Phi) is 9.14. The predicted molar refractivity (Wildman–Crippen MR) is 157 cm³/mol. The van der Waals surface area contributed by atoms with Crippen molar-refractivity contribution in [2.75, 3.05) is 25.8 Å². The summed E-state index contributed by atoms with van der Waals surface area (Å²) in [5, 5.41) is 18.8. The van der Waals surface area contributed by atoms with Crippen molar-refractivity contribution >= 4 is 67.7 Å². The molecule has 194 valence electrons. The van der Waals surface area contributed by atoms with Gasteiger partial charge in [0.25, 0.3) is 0 Å². The maximum absolute atomic E-state index is 6.15. The smallest absolute Gasteiger partial charge is 0.231 e. The van der Waals surface area contributed by atoms with Crippen molar-refractivity contribution in [2.24, 2.45) is 20.5 Å². The summed E-state index contributed by atoms with van der Waals surface area (Å²) in [6, 6.07) is 20.8. The van der Waals surface area contributed by atoms with Crippen LogP contribution in [0.4, 0.5) is 27.2 Å². The molecule has 4 aromatic rings. The van der Waals surface area contributed by atoms with Crippen molar-refractivity contribution in [3.8, 4) is 5.75 Å². The Morgan fingerprint density at radius 1 is 0.811 bits per heavy atom. The van der Waals surface area contributed by atoms with Crippen molar-refractivity contribution in [2.45, 2.75) is 38.9 Å². The molecule has 8 nitrogen and oxygen atoms in total. The molecule has 2 aromatic carbocycles. The molecular weight excluding hydrogens is 521 g/mol. The fourth-order valence-corrected chi connectivity index (χ4v) is 7.99. The number of azo groups is 2. The number of rotatable bonds is 12. The van der Waals surface area contributed by atoms with Crippen LogP contribution >= 0.6 is 22.7 Å². The number of thiophene rings is 1. The molecule has 0 bridgehead atoms. The van der Waals surface area contributed by atoms with E-state index in [2.05, 4.69) is 46.2 Å². The number of hydrogen-bond acceptors (Lipinski definition) is 10. The molecule has 2 heterocycles. The van der Waals surface area contributed by atoms with Gasteiger partial charge in [-0.05, 0) is 72.7 Å². The van der Waals surface area contributed by atoms with E-state index in [1.54, 1.807) is 0 Å². The molecule has 0 fully saturated rings. The van der Waals surface area contributed by atoms with Crippen LogP contribution in [0.1, 0.15) is 20.8 Å². The van der Waals surface area contributed by atoms with E-state index in [4.69, 9.17) is 9.16 Å². The summed E-state index contributed by atoms with van der Waals surface area (Å²) in [4.78, 5) is 7.49. The lowest BCUT2D eigenvalue weighted by molar-refractivity contribution is 0.109. The summed E-state index contributed by atoms with van der Waals surface area (Å²) in [6.07, 6.45) is 0. The standard InChI is InChI=1S/C26H32N6O2S2Si/c1-6-37(7-2,8-3)34-18-33-22-15-11-20(12-16-22)28-30-24-17-23-25(36-24)27-26(35-23)31-29-19-9-13-21(14-10-19)32(4)5/h9-17H,6-8,18H2,1-5H3. The highest BCUT2D eigenvalue weighted by atomic mass is 32.1. The van der Waals surface area contributed by atoms with Gasteiger partial charge in [-0.25, -0.2) is 4.98 Å². The largest absolute Gasteiger partial charge is 0.469 e. The van der Waals surface area contributed by atoms with E-state index < -0.39 is 8.32 Å². The van der Waals surface area contributed by atoms with Gasteiger partial charge in [-0.2, -0.15) is 0 Å². The van der Waals surface area contributed by atoms with Crippen molar-refractivity contribution in [3.63, 3.8) is 0 Å². The molecule has 0 aliphatic heterocycles. The van der Waals surface area contributed by atoms with E-state index in [1.165, 1.54) is 22.7 Å². The minimum atomic E-state index is -1.64. The zero-order chi connectivity index (χ0) is 26.3. The first kappa shape index (κ1) is 27.1. The van der Waals surface area contributed by atoms with Crippen LogP contribution < -0.4 is 9.64 Å². The fourth-order valence-electron chi connectivity index (χ4n) is 3.72. The third kappa shape index (κ3) is 7.07. The molecule has 4 rings (SSSR count). The number of anilines is 1. The minimum absolute atomic E-state index is 0.297. The highest BCUT2D eigenvalue weighted by molar-refractivity contribution is 7.30. The molecule has 0 aliphatic carbocycles. The first-order valence-corrected chi connectivity index (χ1v) is 16.5. The number of hydrogen-bond donors (Lipinski definition) is 0. The fraction of sp³-hybridized carbons (Fsp3) is 0.346. The van der Waals surface area contributed by atoms with Crippen molar-refractivity contribution in [3.05, 3.63) is 54.6 Å². The molecule has 0 radical (unpaired) electrons. The van der Waals surface area contributed by atoms with Crippen molar-refractivity contribution in [1.82, 2.24) is 4.98 Å². The second-order valence-corrected chi connectivity index (χ2v) is 15.5. The summed E-state index contributed by atoms with van der Waals surface area (Å²) in [6.45, 7) is 6.93. The predicted octanol–water partition coefficient (Wildman–Crippen LogP) is 9.61. The van der Waals surface area contributed by atoms with Crippen LogP contribution in [0.5, 0.6) is 5.75 Å². The van der Waals surface area contributed by atoms with Gasteiger partial charge in [0.05, 0.1) is 16.1 Å². The van der Waals surface area contributed by atoms with Crippen LogP contribution in [0.3, 0.4) is 0 Å². The van der Waals surface area contributed by atoms with E-state index in [-0.39, 0.29) is 0 Å². The topological polar surface area (TPSA) is 84.0 Å². The van der Waals surface area contributed by atoms with Gasteiger partial charge in [-0.1, -0.05) is 43.4 Å². The second kappa shape index (κ2) is 12.5. The first-order valence-electron chi connectivity index (χ1n) is 12.3. The van der Waals surface area contributed by atoms with E-state index in [9.17, 15) is 0 Å². The van der Waals surface area contributed by atoms with Crippen LogP contribution in [0.25, 0.3) is 9.53 Å². The van der Waals surface area contributed by atoms with Gasteiger partial charge < -0.3 is 14.1 Å². The average Bonchev–Trinajstić information content (AvgIpc) is 3.48. The lowest BCUT2D eigenvalue weighted by Gasteiger charge is -2.27. The van der Waals surface area contributed by atoms with E-state index in [0.29, 0.717) is 11.9 Å². The summed E-state index contributed by atoms with van der Waals surface area (Å²) in [7, 11) is 2.37. The van der Waals surface area contributed by atoms with Crippen LogP contribution in [0.15, 0.2) is 75.1 Å². The highest BCUT2D eigenvalue weighted by Gasteiger charge is 2.28. The normalized spacial score (nSPS) is 12.2. The Morgan fingerprint density at radius 3 is 2.03 bits per heavy atom. The SMILES string of the molecule is CC[Si](CC)(CC)OCOc1ccc(N=Nc2cc3sc(N=Nc4ccc(N(C)C)cc4)nc3s2)cc1. The number of thiazole rings is 1. The number of ether oxygens (including phenoxy) is 1. The molecular formula is C26H32N6O2S2Si. The summed E-state index contributed by atoms with van der Waals surface area (Å²) in [5.41, 5.74) is 2.67. The molecule has 0 saturated carbocycles. The number of fused-ring (bicyclic) bond motifs is 1. The summed E-state index contributed by atoms with van der Waals surface area (Å²) >= 11 is 2.97. The highest BCUT2D eigenvalue weighted by Crippen LogP contribution is 2.39. The van der Waals surface area contributed by atoms with Gasteiger partial charge in [-0.3, -0.25) is 0 Å². The van der Waals surface area contributed by atoms with E-state index in [1.807, 2.05) is 73.6 Å². The number of aromatic nitrogens is 1. The lowest BCUT2D eigenvalue weighted by Crippen LogP contribution is -2.37. The minimum Gasteiger partial charge on any atom is -0.469 e. The van der Waals surface area contributed by atoms with Crippen LogP contribution in [0.2, 0.25) is 18.1 Å². The molecule has 0 N–H and O–H groups in total. The van der Waals surface area contributed by atoms with Gasteiger partial charge in [0.15, 0.2) is 15.1 Å². The molecule has 0 unspecified atom stereocenters. The third-order valence-electron chi connectivity index (χ3n) is 6.31. The molecule has 2 aromatic heterocycles. The number of benzene rings is 2. The maximum Gasteiger partial charge on any atom is 0.231 e. The summed E-state index contributed by atoms with van der Waals surface area (Å²) < 4.78 is 13.0.